The molecule has 0 fully saturated rings. The van der Waals surface area contributed by atoms with E-state index in [9.17, 15) is 4.79 Å². The summed E-state index contributed by atoms with van der Waals surface area (Å²) in [4.78, 5) is 10.9. The molecule has 0 heterocycles. The lowest BCUT2D eigenvalue weighted by atomic mass is 9.94. The number of methoxy groups -OCH3 is 2. The van der Waals surface area contributed by atoms with Crippen LogP contribution in [0.1, 0.15) is 18.9 Å². The summed E-state index contributed by atoms with van der Waals surface area (Å²) in [5.41, 5.74) is 5.34. The quantitative estimate of drug-likeness (QED) is 0.801. The number of carbonyl (C=O) groups is 1. The first-order valence-electron chi connectivity index (χ1n) is 5.64. The minimum atomic E-state index is -1.24. The molecule has 18 heavy (non-hydrogen) atoms. The van der Waals surface area contributed by atoms with Gasteiger partial charge in [-0.3, -0.25) is 4.79 Å². The first-order valence-corrected chi connectivity index (χ1v) is 5.64. The van der Waals surface area contributed by atoms with Crippen molar-refractivity contribution in [2.24, 2.45) is 5.73 Å². The summed E-state index contributed by atoms with van der Waals surface area (Å²) in [6.07, 6.45) is 0.839. The molecule has 0 amide bonds. The second-order valence-electron chi connectivity index (χ2n) is 4.40. The van der Waals surface area contributed by atoms with Gasteiger partial charge in [-0.15, -0.1) is 0 Å². The van der Waals surface area contributed by atoms with E-state index in [1.165, 1.54) is 6.92 Å². The molecule has 1 rings (SSSR count). The summed E-state index contributed by atoms with van der Waals surface area (Å²) < 4.78 is 10.4. The minimum absolute atomic E-state index is 0.325. The van der Waals surface area contributed by atoms with Gasteiger partial charge in [0.15, 0.2) is 0 Å². The number of nitrogens with two attached hydrogens (primary N) is 1. The first-order chi connectivity index (χ1) is 8.40. The van der Waals surface area contributed by atoms with Crippen molar-refractivity contribution in [3.63, 3.8) is 0 Å². The highest BCUT2D eigenvalue weighted by Crippen LogP contribution is 2.26. The molecule has 0 aromatic heterocycles. The highest BCUT2D eigenvalue weighted by atomic mass is 16.5. The fourth-order valence-corrected chi connectivity index (χ4v) is 1.58. The van der Waals surface area contributed by atoms with E-state index in [1.54, 1.807) is 26.4 Å². The molecule has 1 aromatic carbocycles. The maximum absolute atomic E-state index is 10.9. The van der Waals surface area contributed by atoms with Crippen molar-refractivity contribution in [3.05, 3.63) is 23.8 Å². The second-order valence-corrected chi connectivity index (χ2v) is 4.40. The highest BCUT2D eigenvalue weighted by molar-refractivity contribution is 5.77. The Balaban J connectivity index is 2.86. The van der Waals surface area contributed by atoms with Crippen molar-refractivity contribution in [2.75, 3.05) is 14.2 Å². The number of benzene rings is 1. The Bertz CT molecular complexity index is 429. The monoisotopic (exact) mass is 253 g/mol. The van der Waals surface area contributed by atoms with Crippen LogP contribution in [0, 0.1) is 0 Å². The lowest BCUT2D eigenvalue weighted by Crippen LogP contribution is -2.45. The molecule has 1 unspecified atom stereocenters. The third kappa shape index (κ3) is 3.37. The standard InChI is InChI=1S/C13H19NO4/c1-13(14,12(15)16)7-6-9-8-10(17-2)4-5-11(9)18-3/h4-5,8H,6-7,14H2,1-3H3,(H,15,16). The van der Waals surface area contributed by atoms with Crippen molar-refractivity contribution in [3.8, 4) is 11.5 Å². The van der Waals surface area contributed by atoms with Crippen LogP contribution < -0.4 is 15.2 Å². The van der Waals surface area contributed by atoms with E-state index in [0.29, 0.717) is 24.3 Å². The average Bonchev–Trinajstić information content (AvgIpc) is 2.35. The second kappa shape index (κ2) is 5.73. The first kappa shape index (κ1) is 14.3. The van der Waals surface area contributed by atoms with E-state index in [4.69, 9.17) is 20.3 Å². The van der Waals surface area contributed by atoms with E-state index < -0.39 is 11.5 Å². The molecular formula is C13H19NO4. The zero-order valence-electron chi connectivity index (χ0n) is 10.9. The van der Waals surface area contributed by atoms with Gasteiger partial charge in [0.1, 0.15) is 17.0 Å². The van der Waals surface area contributed by atoms with Gasteiger partial charge < -0.3 is 20.3 Å². The van der Waals surface area contributed by atoms with Gasteiger partial charge in [-0.25, -0.2) is 0 Å². The smallest absolute Gasteiger partial charge is 0.323 e. The van der Waals surface area contributed by atoms with Crippen molar-refractivity contribution in [1.29, 1.82) is 0 Å². The Hall–Kier alpha value is -1.75. The summed E-state index contributed by atoms with van der Waals surface area (Å²) in [6.45, 7) is 1.50. The van der Waals surface area contributed by atoms with Gasteiger partial charge in [0.25, 0.3) is 0 Å². The van der Waals surface area contributed by atoms with E-state index >= 15 is 0 Å². The molecule has 5 nitrogen and oxygen atoms in total. The Morgan fingerprint density at radius 3 is 2.56 bits per heavy atom. The molecule has 1 atom stereocenters. The molecule has 0 aliphatic rings. The maximum Gasteiger partial charge on any atom is 0.323 e. The molecule has 0 aliphatic carbocycles. The lowest BCUT2D eigenvalue weighted by molar-refractivity contribution is -0.142. The molecular weight excluding hydrogens is 234 g/mol. The van der Waals surface area contributed by atoms with Crippen LogP contribution in [-0.2, 0) is 11.2 Å². The fraction of sp³-hybridized carbons (Fsp3) is 0.462. The van der Waals surface area contributed by atoms with Crippen LogP contribution in [0.5, 0.6) is 11.5 Å². The summed E-state index contributed by atoms with van der Waals surface area (Å²) >= 11 is 0. The SMILES string of the molecule is COc1ccc(OC)c(CCC(C)(N)C(=O)O)c1. The van der Waals surface area contributed by atoms with Gasteiger partial charge in [-0.1, -0.05) is 0 Å². The molecule has 0 saturated heterocycles. The molecule has 100 valence electrons. The van der Waals surface area contributed by atoms with Gasteiger partial charge in [0.05, 0.1) is 14.2 Å². The predicted octanol–water partition coefficient (Wildman–Crippen LogP) is 1.44. The Labute approximate surface area is 107 Å². The largest absolute Gasteiger partial charge is 0.497 e. The van der Waals surface area contributed by atoms with Crippen molar-refractivity contribution in [2.45, 2.75) is 25.3 Å². The lowest BCUT2D eigenvalue weighted by Gasteiger charge is -2.19. The molecule has 0 radical (unpaired) electrons. The van der Waals surface area contributed by atoms with Gasteiger partial charge in [0, 0.05) is 0 Å². The van der Waals surface area contributed by atoms with Crippen LogP contribution in [0.3, 0.4) is 0 Å². The van der Waals surface area contributed by atoms with E-state index in [1.807, 2.05) is 6.07 Å². The average molecular weight is 253 g/mol. The predicted molar refractivity (Wildman–Crippen MR) is 68.1 cm³/mol. The maximum atomic E-state index is 10.9. The van der Waals surface area contributed by atoms with Crippen LogP contribution in [0.2, 0.25) is 0 Å². The van der Waals surface area contributed by atoms with Crippen LogP contribution in [0.25, 0.3) is 0 Å². The zero-order valence-corrected chi connectivity index (χ0v) is 10.9. The molecule has 0 bridgehead atoms. The fourth-order valence-electron chi connectivity index (χ4n) is 1.58. The summed E-state index contributed by atoms with van der Waals surface area (Å²) in [5.74, 6) is 0.404. The summed E-state index contributed by atoms with van der Waals surface area (Å²) in [6, 6.07) is 5.42. The van der Waals surface area contributed by atoms with Crippen LogP contribution >= 0.6 is 0 Å². The van der Waals surface area contributed by atoms with Crippen molar-refractivity contribution >= 4 is 5.97 Å². The minimum Gasteiger partial charge on any atom is -0.497 e. The van der Waals surface area contributed by atoms with E-state index in [2.05, 4.69) is 0 Å². The number of hydrogen-bond donors (Lipinski definition) is 2. The topological polar surface area (TPSA) is 81.8 Å². The number of rotatable bonds is 6. The Morgan fingerprint density at radius 2 is 2.06 bits per heavy atom. The molecule has 3 N–H and O–H groups in total. The zero-order chi connectivity index (χ0) is 13.8. The number of aryl methyl sites for hydroxylation is 1. The van der Waals surface area contributed by atoms with Crippen LogP contribution in [0.15, 0.2) is 18.2 Å². The summed E-state index contributed by atoms with van der Waals surface area (Å²) in [7, 11) is 3.15. The molecule has 0 saturated carbocycles. The van der Waals surface area contributed by atoms with E-state index in [-0.39, 0.29) is 0 Å². The molecule has 1 aromatic rings. The number of ether oxygens (including phenoxy) is 2. The molecule has 0 spiro atoms. The van der Waals surface area contributed by atoms with E-state index in [0.717, 1.165) is 5.56 Å². The van der Waals surface area contributed by atoms with Crippen LogP contribution in [-0.4, -0.2) is 30.8 Å². The van der Waals surface area contributed by atoms with Gasteiger partial charge >= 0.3 is 5.97 Å². The van der Waals surface area contributed by atoms with Crippen molar-refractivity contribution < 1.29 is 19.4 Å². The number of aliphatic carboxylic acids is 1. The summed E-state index contributed by atoms with van der Waals surface area (Å²) in [5, 5.41) is 8.97. The van der Waals surface area contributed by atoms with Crippen LogP contribution in [0.4, 0.5) is 0 Å². The molecule has 0 aliphatic heterocycles. The highest BCUT2D eigenvalue weighted by Gasteiger charge is 2.27. The normalized spacial score (nSPS) is 13.8. The Kier molecular flexibility index (Phi) is 4.55. The third-order valence-corrected chi connectivity index (χ3v) is 2.89. The molecule has 5 heteroatoms. The van der Waals surface area contributed by atoms with Gasteiger partial charge in [-0.05, 0) is 43.5 Å². The number of hydrogen-bond acceptors (Lipinski definition) is 4. The third-order valence-electron chi connectivity index (χ3n) is 2.89. The number of carboxylic acids is 1. The van der Waals surface area contributed by atoms with Gasteiger partial charge in [-0.2, -0.15) is 0 Å². The van der Waals surface area contributed by atoms with Crippen molar-refractivity contribution in [1.82, 2.24) is 0 Å². The number of carboxylic acid groups (broad SMARTS) is 1. The van der Waals surface area contributed by atoms with Gasteiger partial charge in [0.2, 0.25) is 0 Å². The Morgan fingerprint density at radius 1 is 1.39 bits per heavy atom.